The number of nitrogens with two attached hydrogens (primary N) is 4. The minimum atomic E-state index is -1.57. The second-order valence-corrected chi connectivity index (χ2v) is 12.1. The van der Waals surface area contributed by atoms with E-state index < -0.39 is 71.8 Å². The lowest BCUT2D eigenvalue weighted by Gasteiger charge is -2.30. The van der Waals surface area contributed by atoms with E-state index >= 15 is 0 Å². The van der Waals surface area contributed by atoms with Crippen molar-refractivity contribution >= 4 is 41.5 Å². The molecule has 1 fully saturated rings. The molecule has 0 radical (unpaired) electrons. The Morgan fingerprint density at radius 3 is 2.10 bits per heavy atom. The smallest absolute Gasteiger partial charge is 0.326 e. The summed E-state index contributed by atoms with van der Waals surface area (Å²) in [5, 5.41) is 30.5. The predicted molar refractivity (Wildman–Crippen MR) is 184 cm³/mol. The molecule has 1 saturated heterocycles. The van der Waals surface area contributed by atoms with Crippen molar-refractivity contribution in [2.24, 2.45) is 27.9 Å². The number of carbonyl (C=O) groups is 6. The maximum absolute atomic E-state index is 13.7. The number of rotatable bonds is 21. The molecular formula is C32H52N10O8. The van der Waals surface area contributed by atoms with Crippen LogP contribution in [-0.2, 0) is 35.2 Å². The molecule has 5 amide bonds. The van der Waals surface area contributed by atoms with E-state index in [2.05, 4.69) is 26.3 Å². The molecule has 1 aromatic rings. The van der Waals surface area contributed by atoms with Crippen LogP contribution in [0, 0.1) is 0 Å². The first kappa shape index (κ1) is 41.4. The zero-order valence-electron chi connectivity index (χ0n) is 28.4. The van der Waals surface area contributed by atoms with Crippen molar-refractivity contribution in [3.8, 4) is 0 Å². The summed E-state index contributed by atoms with van der Waals surface area (Å²) in [6.07, 6.45) is 0.777. The number of hydrogen-bond acceptors (Lipinski definition) is 10. The first-order valence-electron chi connectivity index (χ1n) is 16.7. The topological polar surface area (TPSA) is 311 Å². The van der Waals surface area contributed by atoms with Gasteiger partial charge in [-0.25, -0.2) is 4.79 Å². The number of benzene rings is 1. The second-order valence-electron chi connectivity index (χ2n) is 12.1. The molecule has 1 aromatic carbocycles. The molecule has 18 nitrogen and oxygen atoms in total. The van der Waals surface area contributed by atoms with Gasteiger partial charge in [0.25, 0.3) is 0 Å². The van der Waals surface area contributed by atoms with Crippen molar-refractivity contribution in [3.63, 3.8) is 0 Å². The van der Waals surface area contributed by atoms with Gasteiger partial charge in [0.1, 0.15) is 30.2 Å². The van der Waals surface area contributed by atoms with Gasteiger partial charge in [0.2, 0.25) is 29.5 Å². The zero-order valence-corrected chi connectivity index (χ0v) is 28.4. The maximum atomic E-state index is 13.7. The SMILES string of the molecule is C[C@@H](O)[C@H](NC(=O)[C@H](CCCCN)NC(=O)[C@H](CCCN=C(N)N)NC(=O)CN)C(=O)N[C@@H](Cc1ccccc1)C(=O)N1CCC[C@H]1C(=O)O. The average Bonchev–Trinajstić information content (AvgIpc) is 3.58. The summed E-state index contributed by atoms with van der Waals surface area (Å²) in [4.78, 5) is 83.3. The molecule has 0 saturated carbocycles. The molecule has 1 heterocycles. The minimum absolute atomic E-state index is 0.0194. The number of aliphatic hydroxyl groups excluding tert-OH is 1. The van der Waals surface area contributed by atoms with Crippen LogP contribution in [0.2, 0.25) is 0 Å². The maximum Gasteiger partial charge on any atom is 0.326 e. The van der Waals surface area contributed by atoms with Gasteiger partial charge in [-0.1, -0.05) is 30.3 Å². The number of nitrogens with zero attached hydrogens (tertiary/aromatic N) is 2. The highest BCUT2D eigenvalue weighted by Crippen LogP contribution is 2.20. The number of unbranched alkanes of at least 4 members (excludes halogenated alkanes) is 1. The van der Waals surface area contributed by atoms with E-state index in [0.29, 0.717) is 37.8 Å². The van der Waals surface area contributed by atoms with E-state index in [0.717, 1.165) is 0 Å². The number of aliphatic imine (C=N–C) groups is 1. The van der Waals surface area contributed by atoms with Crippen molar-refractivity contribution in [2.45, 2.75) is 94.6 Å². The molecule has 0 unspecified atom stereocenters. The summed E-state index contributed by atoms with van der Waals surface area (Å²) in [7, 11) is 0. The number of nitrogens with one attached hydrogen (secondary N) is 4. The Morgan fingerprint density at radius 2 is 1.50 bits per heavy atom. The number of carboxylic acids is 1. The first-order valence-corrected chi connectivity index (χ1v) is 16.7. The van der Waals surface area contributed by atoms with Gasteiger partial charge in [-0.05, 0) is 64.0 Å². The van der Waals surface area contributed by atoms with Gasteiger partial charge >= 0.3 is 5.97 Å². The first-order chi connectivity index (χ1) is 23.8. The molecule has 50 heavy (non-hydrogen) atoms. The molecule has 278 valence electrons. The molecule has 14 N–H and O–H groups in total. The molecular weight excluding hydrogens is 652 g/mol. The van der Waals surface area contributed by atoms with Gasteiger partial charge in [0.15, 0.2) is 5.96 Å². The lowest BCUT2D eigenvalue weighted by Crippen LogP contribution is -2.61. The number of carboxylic acid groups (broad SMARTS) is 1. The van der Waals surface area contributed by atoms with Crippen LogP contribution in [0.3, 0.4) is 0 Å². The van der Waals surface area contributed by atoms with E-state index in [9.17, 15) is 39.0 Å². The van der Waals surface area contributed by atoms with E-state index in [1.54, 1.807) is 30.3 Å². The molecule has 0 aliphatic carbocycles. The van der Waals surface area contributed by atoms with Crippen molar-refractivity contribution in [1.29, 1.82) is 0 Å². The Morgan fingerprint density at radius 1 is 0.880 bits per heavy atom. The summed E-state index contributed by atoms with van der Waals surface area (Å²) >= 11 is 0. The third-order valence-corrected chi connectivity index (χ3v) is 8.14. The van der Waals surface area contributed by atoms with Gasteiger partial charge in [0.05, 0.1) is 12.6 Å². The molecule has 0 spiro atoms. The second kappa shape index (κ2) is 21.3. The summed E-state index contributed by atoms with van der Waals surface area (Å²) in [5.41, 5.74) is 22.4. The monoisotopic (exact) mass is 704 g/mol. The number of amides is 5. The molecule has 18 heteroatoms. The zero-order chi connectivity index (χ0) is 37.2. The van der Waals surface area contributed by atoms with Crippen LogP contribution in [0.15, 0.2) is 35.3 Å². The molecule has 1 aliphatic heterocycles. The summed E-state index contributed by atoms with van der Waals surface area (Å²) in [5.74, 6) is -4.91. The fraction of sp³-hybridized carbons (Fsp3) is 0.594. The Labute approximate surface area is 291 Å². The fourth-order valence-electron chi connectivity index (χ4n) is 5.52. The predicted octanol–water partition coefficient (Wildman–Crippen LogP) is -3.23. The molecule has 2 rings (SSSR count). The highest BCUT2D eigenvalue weighted by atomic mass is 16.4. The van der Waals surface area contributed by atoms with Crippen molar-refractivity contribution in [1.82, 2.24) is 26.2 Å². The van der Waals surface area contributed by atoms with Gasteiger partial charge in [0, 0.05) is 19.5 Å². The highest BCUT2D eigenvalue weighted by Gasteiger charge is 2.39. The Balaban J connectivity index is 2.28. The van der Waals surface area contributed by atoms with E-state index in [1.165, 1.54) is 11.8 Å². The Bertz CT molecular complexity index is 1330. The minimum Gasteiger partial charge on any atom is -0.480 e. The van der Waals surface area contributed by atoms with Crippen molar-refractivity contribution in [3.05, 3.63) is 35.9 Å². The van der Waals surface area contributed by atoms with Gasteiger partial charge < -0.3 is 59.3 Å². The lowest BCUT2D eigenvalue weighted by atomic mass is 10.0. The molecule has 1 aliphatic rings. The summed E-state index contributed by atoms with van der Waals surface area (Å²) < 4.78 is 0. The van der Waals surface area contributed by atoms with Crippen LogP contribution in [0.25, 0.3) is 0 Å². The highest BCUT2D eigenvalue weighted by molar-refractivity contribution is 5.96. The van der Waals surface area contributed by atoms with Gasteiger partial charge in [-0.15, -0.1) is 0 Å². The van der Waals surface area contributed by atoms with Crippen LogP contribution in [-0.4, -0.2) is 119 Å². The summed E-state index contributed by atoms with van der Waals surface area (Å²) in [6.45, 7) is 1.58. The normalized spacial score (nSPS) is 17.0. The molecule has 6 atom stereocenters. The van der Waals surface area contributed by atoms with E-state index in [4.69, 9.17) is 22.9 Å². The number of carbonyl (C=O) groups excluding carboxylic acids is 5. The standard InChI is InChI=1S/C32H52N10O8/c1-19(43)26(29(47)40-23(17-20-9-3-2-4-10-20)30(48)42-16-8-13-24(42)31(49)50)41-28(46)22(11-5-6-14-33)39-27(45)21(38-25(44)18-34)12-7-15-37-32(35)36/h2-4,9-10,19,21-24,26,43H,5-8,11-18,33-34H2,1H3,(H,38,44)(H,39,45)(H,40,47)(H,41,46)(H,49,50)(H4,35,36,37)/t19-,21+,22+,23+,24+,26+/m1/s1. The Hall–Kier alpha value is -4.81. The lowest BCUT2D eigenvalue weighted by molar-refractivity contribution is -0.149. The largest absolute Gasteiger partial charge is 0.480 e. The number of likely N-dealkylation sites (tertiary alicyclic amines) is 1. The van der Waals surface area contributed by atoms with Crippen LogP contribution in [0.4, 0.5) is 0 Å². The quantitative estimate of drug-likeness (QED) is 0.0343. The number of aliphatic hydroxyl groups is 1. The average molecular weight is 705 g/mol. The van der Waals surface area contributed by atoms with Crippen LogP contribution in [0.1, 0.15) is 57.4 Å². The van der Waals surface area contributed by atoms with Crippen LogP contribution >= 0.6 is 0 Å². The number of guanidine groups is 1. The molecule has 0 aromatic heterocycles. The number of hydrogen-bond donors (Lipinski definition) is 10. The fourth-order valence-corrected chi connectivity index (χ4v) is 5.52. The van der Waals surface area contributed by atoms with Crippen LogP contribution in [0.5, 0.6) is 0 Å². The van der Waals surface area contributed by atoms with E-state index in [1.807, 2.05) is 0 Å². The summed E-state index contributed by atoms with van der Waals surface area (Å²) in [6, 6.07) is 2.65. The van der Waals surface area contributed by atoms with E-state index in [-0.39, 0.29) is 51.3 Å². The van der Waals surface area contributed by atoms with Gasteiger partial charge in [-0.2, -0.15) is 0 Å². The van der Waals surface area contributed by atoms with Crippen LogP contribution < -0.4 is 44.2 Å². The Kier molecular flexibility index (Phi) is 17.6. The van der Waals surface area contributed by atoms with Crippen molar-refractivity contribution < 1.29 is 39.0 Å². The number of aliphatic carboxylic acids is 1. The van der Waals surface area contributed by atoms with Gasteiger partial charge in [-0.3, -0.25) is 29.0 Å². The third-order valence-electron chi connectivity index (χ3n) is 8.14. The molecule has 0 bridgehead atoms. The van der Waals surface area contributed by atoms with Crippen molar-refractivity contribution in [2.75, 3.05) is 26.2 Å². The third kappa shape index (κ3) is 13.6.